The van der Waals surface area contributed by atoms with Crippen LogP contribution < -0.4 is 10.4 Å². The van der Waals surface area contributed by atoms with Crippen LogP contribution in [0.4, 0.5) is 18.9 Å². The Morgan fingerprint density at radius 1 is 0.975 bits per heavy atom. The fourth-order valence-corrected chi connectivity index (χ4v) is 5.90. The minimum Gasteiger partial charge on any atom is -0.542 e. The number of nitrogens with one attached hydrogen (secondary N) is 1. The Labute approximate surface area is 233 Å². The van der Waals surface area contributed by atoms with Crippen molar-refractivity contribution in [1.82, 2.24) is 0 Å². The molecule has 0 aliphatic carbocycles. The van der Waals surface area contributed by atoms with Gasteiger partial charge in [0, 0.05) is 24.4 Å². The van der Waals surface area contributed by atoms with E-state index in [0.717, 1.165) is 53.1 Å². The molecule has 6 rings (SSSR count). The van der Waals surface area contributed by atoms with Crippen molar-refractivity contribution in [2.24, 2.45) is 5.92 Å². The molecule has 2 atom stereocenters. The third-order valence-corrected chi connectivity index (χ3v) is 8.18. The van der Waals surface area contributed by atoms with Crippen LogP contribution in [0.15, 0.2) is 78.2 Å². The third kappa shape index (κ3) is 7.48. The summed E-state index contributed by atoms with van der Waals surface area (Å²) in [6.07, 6.45) is -3.35. The van der Waals surface area contributed by atoms with Gasteiger partial charge in [-0.15, -0.1) is 11.3 Å². The van der Waals surface area contributed by atoms with Gasteiger partial charge < -0.3 is 24.4 Å². The first-order valence-corrected chi connectivity index (χ1v) is 13.7. The number of aliphatic carboxylic acids is 1. The fraction of sp³-hybridized carbons (Fsp3) is 0.345. The molecule has 40 heavy (non-hydrogen) atoms. The van der Waals surface area contributed by atoms with Crippen LogP contribution in [0.3, 0.4) is 0 Å². The number of Topliss-reactive ketones (excluding diaryl/α,β-unsaturated/α-hetero) is 1. The molecule has 1 N–H and O–H groups in total. The Hall–Kier alpha value is -3.70. The lowest BCUT2D eigenvalue weighted by atomic mass is 9.83. The number of carboxylic acids is 1. The maximum atomic E-state index is 13.4. The zero-order chi connectivity index (χ0) is 28.8. The normalized spacial score (nSPS) is 22.4. The molecular formula is C29H29F3N2O5S. The molecule has 2 aromatic carbocycles. The second-order valence-electron chi connectivity index (χ2n) is 9.98. The lowest BCUT2D eigenvalue weighted by Crippen LogP contribution is -2.65. The predicted octanol–water partition coefficient (Wildman–Crippen LogP) is 4.24. The number of hydrogen-bond acceptors (Lipinski definition) is 7. The highest BCUT2D eigenvalue weighted by atomic mass is 32.1. The third-order valence-electron chi connectivity index (χ3n) is 7.27. The lowest BCUT2D eigenvalue weighted by molar-refractivity contribution is -0.938. The van der Waals surface area contributed by atoms with Crippen LogP contribution in [0, 0.1) is 5.92 Å². The highest BCUT2D eigenvalue weighted by Crippen LogP contribution is 2.37. The van der Waals surface area contributed by atoms with E-state index < -0.39 is 18.2 Å². The van der Waals surface area contributed by atoms with Crippen LogP contribution in [0.2, 0.25) is 0 Å². The summed E-state index contributed by atoms with van der Waals surface area (Å²) in [4.78, 5) is 35.9. The number of hydrogen-bond donors (Lipinski definition) is 1. The van der Waals surface area contributed by atoms with Gasteiger partial charge in [-0.05, 0) is 29.1 Å². The number of carboxylic acid groups (broad SMARTS) is 1. The second kappa shape index (κ2) is 12.6. The van der Waals surface area contributed by atoms with E-state index in [1.54, 1.807) is 0 Å². The van der Waals surface area contributed by atoms with Gasteiger partial charge in [-0.3, -0.25) is 4.79 Å². The number of piperidine rings is 3. The van der Waals surface area contributed by atoms with E-state index in [-0.39, 0.29) is 17.9 Å². The smallest absolute Gasteiger partial charge is 0.430 e. The first kappa shape index (κ1) is 29.3. The SMILES string of the molecule is O=C(C[N+]12CCC(CC1)[C@@H](OC(=O)C(Nc1ccccc1)c1ccccc1)C2)c1cccs1.O=C([O-])C(F)(F)F. The van der Waals surface area contributed by atoms with E-state index in [2.05, 4.69) is 5.32 Å². The molecule has 7 nitrogen and oxygen atoms in total. The Morgan fingerprint density at radius 3 is 2.12 bits per heavy atom. The number of benzene rings is 2. The molecule has 3 aliphatic rings. The quantitative estimate of drug-likeness (QED) is 0.246. The van der Waals surface area contributed by atoms with E-state index in [1.807, 2.05) is 78.2 Å². The van der Waals surface area contributed by atoms with Crippen LogP contribution in [-0.4, -0.2) is 60.7 Å². The summed E-state index contributed by atoms with van der Waals surface area (Å²) < 4.78 is 38.5. The van der Waals surface area contributed by atoms with Gasteiger partial charge in [-0.1, -0.05) is 54.6 Å². The van der Waals surface area contributed by atoms with Crippen LogP contribution in [0.5, 0.6) is 0 Å². The van der Waals surface area contributed by atoms with Gasteiger partial charge in [-0.25, -0.2) is 4.79 Å². The zero-order valence-electron chi connectivity index (χ0n) is 21.5. The Morgan fingerprint density at radius 2 is 1.57 bits per heavy atom. The van der Waals surface area contributed by atoms with E-state index in [1.165, 1.54) is 11.3 Å². The maximum Gasteiger partial charge on any atom is 0.430 e. The molecule has 0 saturated carbocycles. The maximum absolute atomic E-state index is 13.4. The number of carbonyl (C=O) groups is 3. The minimum absolute atomic E-state index is 0.153. The second-order valence-corrected chi connectivity index (χ2v) is 10.9. The van der Waals surface area contributed by atoms with Crippen molar-refractivity contribution < 1.29 is 41.9 Å². The molecule has 1 aromatic heterocycles. The number of halogens is 3. The number of fused-ring (bicyclic) bond motifs is 3. The van der Waals surface area contributed by atoms with Crippen molar-refractivity contribution in [3.63, 3.8) is 0 Å². The predicted molar refractivity (Wildman–Crippen MR) is 141 cm³/mol. The summed E-state index contributed by atoms with van der Waals surface area (Å²) >= 11 is 1.50. The number of ether oxygens (including phenoxy) is 1. The first-order chi connectivity index (χ1) is 19.1. The van der Waals surface area contributed by atoms with Crippen molar-refractivity contribution in [3.05, 3.63) is 88.6 Å². The molecule has 1 unspecified atom stereocenters. The van der Waals surface area contributed by atoms with Gasteiger partial charge in [0.15, 0.2) is 12.1 Å². The standard InChI is InChI=1S/C27H29N2O3S.C2HF3O2/c30-23(25-12-7-17-33-25)18-29-15-13-20(14-16-29)24(19-29)32-27(31)26(21-8-3-1-4-9-21)28-22-10-5-2-6-11-22;3-2(4,5)1(6)7/h1-12,17,20,24,26,28H,13-16,18-19H2;(H,6,7)/q+1;/p-1/t20?,24-,26?,29?;/m0./s1. The number of rotatable bonds is 8. The van der Waals surface area contributed by atoms with Gasteiger partial charge >= 0.3 is 12.1 Å². The number of carbonyl (C=O) groups excluding carboxylic acids is 3. The number of ketones is 1. The van der Waals surface area contributed by atoms with E-state index in [0.29, 0.717) is 12.5 Å². The summed E-state index contributed by atoms with van der Waals surface area (Å²) in [5.74, 6) is -2.69. The average Bonchev–Trinajstić information content (AvgIpc) is 3.49. The molecule has 11 heteroatoms. The van der Waals surface area contributed by atoms with Gasteiger partial charge in [0.25, 0.3) is 0 Å². The minimum atomic E-state index is -5.19. The van der Waals surface area contributed by atoms with Crippen molar-refractivity contribution in [3.8, 4) is 0 Å². The summed E-state index contributed by atoms with van der Waals surface area (Å²) in [5.41, 5.74) is 1.76. The Bertz CT molecular complexity index is 1280. The molecule has 0 amide bonds. The fourth-order valence-electron chi connectivity index (χ4n) is 5.24. The topological polar surface area (TPSA) is 95.5 Å². The van der Waals surface area contributed by atoms with Gasteiger partial charge in [-0.2, -0.15) is 13.2 Å². The van der Waals surface area contributed by atoms with Crippen molar-refractivity contribution in [2.45, 2.75) is 31.2 Å². The van der Waals surface area contributed by atoms with Crippen molar-refractivity contribution in [2.75, 3.05) is 31.5 Å². The van der Waals surface area contributed by atoms with Gasteiger partial charge in [0.05, 0.1) is 18.0 Å². The summed E-state index contributed by atoms with van der Waals surface area (Å²) in [7, 11) is 0. The van der Waals surface area contributed by atoms with E-state index in [9.17, 15) is 22.8 Å². The number of nitrogens with zero attached hydrogens (tertiary/aromatic N) is 1. The highest BCUT2D eigenvalue weighted by Gasteiger charge is 2.49. The summed E-state index contributed by atoms with van der Waals surface area (Å²) in [5, 5.41) is 14.1. The molecular weight excluding hydrogens is 545 g/mol. The van der Waals surface area contributed by atoms with Gasteiger partial charge in [0.1, 0.15) is 19.1 Å². The largest absolute Gasteiger partial charge is 0.542 e. The number of esters is 1. The summed E-state index contributed by atoms with van der Waals surface area (Å²) in [6, 6.07) is 22.7. The number of para-hydroxylation sites is 1. The van der Waals surface area contributed by atoms with Crippen molar-refractivity contribution in [1.29, 1.82) is 0 Å². The molecule has 3 aromatic rings. The van der Waals surface area contributed by atoms with E-state index >= 15 is 0 Å². The highest BCUT2D eigenvalue weighted by molar-refractivity contribution is 7.12. The Kier molecular flexibility index (Phi) is 9.26. The van der Waals surface area contributed by atoms with Crippen LogP contribution in [-0.2, 0) is 14.3 Å². The number of anilines is 1. The lowest BCUT2D eigenvalue weighted by Gasteiger charge is -2.51. The van der Waals surface area contributed by atoms with Gasteiger partial charge in [0.2, 0.25) is 5.78 Å². The van der Waals surface area contributed by atoms with Crippen LogP contribution >= 0.6 is 11.3 Å². The monoisotopic (exact) mass is 574 g/mol. The molecule has 0 spiro atoms. The van der Waals surface area contributed by atoms with E-state index in [4.69, 9.17) is 14.6 Å². The zero-order valence-corrected chi connectivity index (χ0v) is 22.3. The molecule has 3 saturated heterocycles. The summed E-state index contributed by atoms with van der Waals surface area (Å²) in [6.45, 7) is 3.19. The molecule has 212 valence electrons. The van der Waals surface area contributed by atoms with Crippen LogP contribution in [0.25, 0.3) is 0 Å². The molecule has 4 heterocycles. The Balaban J connectivity index is 0.000000470. The number of thiophene rings is 1. The molecule has 3 aliphatic heterocycles. The molecule has 2 bridgehead atoms. The molecule has 0 radical (unpaired) electrons. The average molecular weight is 575 g/mol. The van der Waals surface area contributed by atoms with Crippen LogP contribution in [0.1, 0.15) is 34.1 Å². The first-order valence-electron chi connectivity index (χ1n) is 12.8. The number of quaternary nitrogens is 1. The van der Waals surface area contributed by atoms with Crippen molar-refractivity contribution >= 4 is 34.7 Å². The molecule has 3 fully saturated rings. The number of alkyl halides is 3.